The molecule has 0 spiro atoms. The van der Waals surface area contributed by atoms with Crippen molar-refractivity contribution in [2.75, 3.05) is 17.3 Å². The maximum absolute atomic E-state index is 13.3. The van der Waals surface area contributed by atoms with Crippen LogP contribution in [-0.4, -0.2) is 31.6 Å². The van der Waals surface area contributed by atoms with E-state index in [9.17, 15) is 18.5 Å². The zero-order valence-electron chi connectivity index (χ0n) is 20.7. The van der Waals surface area contributed by atoms with Crippen molar-refractivity contribution in [1.82, 2.24) is 4.98 Å². The lowest BCUT2D eigenvalue weighted by Gasteiger charge is -2.12. The molecular formula is C28H23N5O5S. The van der Waals surface area contributed by atoms with E-state index < -0.39 is 14.9 Å². The van der Waals surface area contributed by atoms with Gasteiger partial charge in [0.15, 0.2) is 0 Å². The van der Waals surface area contributed by atoms with Crippen LogP contribution >= 0.6 is 0 Å². The van der Waals surface area contributed by atoms with Crippen LogP contribution in [0.3, 0.4) is 0 Å². The lowest BCUT2D eigenvalue weighted by molar-refractivity contribution is -0.385. The van der Waals surface area contributed by atoms with E-state index in [-0.39, 0.29) is 22.0 Å². The number of methoxy groups -OCH3 is 1. The smallest absolute Gasteiger partial charge is 0.270 e. The molecule has 4 aromatic carbocycles. The van der Waals surface area contributed by atoms with Crippen LogP contribution < -0.4 is 14.9 Å². The second-order valence-corrected chi connectivity index (χ2v) is 10.1. The van der Waals surface area contributed by atoms with Crippen molar-refractivity contribution in [3.8, 4) is 17.0 Å². The summed E-state index contributed by atoms with van der Waals surface area (Å²) in [7, 11) is -2.73. The average Bonchev–Trinajstić information content (AvgIpc) is 3.32. The maximum Gasteiger partial charge on any atom is 0.270 e. The fourth-order valence-corrected chi connectivity index (χ4v) is 5.34. The molecule has 0 amide bonds. The highest BCUT2D eigenvalue weighted by molar-refractivity contribution is 7.92. The summed E-state index contributed by atoms with van der Waals surface area (Å²) >= 11 is 0. The Labute approximate surface area is 224 Å². The number of aromatic nitrogens is 1. The minimum Gasteiger partial charge on any atom is -0.497 e. The number of fused-ring (bicyclic) bond motifs is 1. The van der Waals surface area contributed by atoms with Crippen molar-refractivity contribution in [2.45, 2.75) is 4.90 Å². The summed E-state index contributed by atoms with van der Waals surface area (Å²) in [6.45, 7) is 0. The van der Waals surface area contributed by atoms with Gasteiger partial charge in [0.2, 0.25) is 0 Å². The van der Waals surface area contributed by atoms with E-state index in [1.54, 1.807) is 18.3 Å². The monoisotopic (exact) mass is 541 g/mol. The normalized spacial score (nSPS) is 11.5. The number of nitrogens with one attached hydrogen (secondary N) is 3. The molecule has 11 heteroatoms. The summed E-state index contributed by atoms with van der Waals surface area (Å²) < 4.78 is 34.1. The van der Waals surface area contributed by atoms with Gasteiger partial charge in [0.1, 0.15) is 10.6 Å². The number of rotatable bonds is 9. The van der Waals surface area contributed by atoms with Gasteiger partial charge in [-0.25, -0.2) is 8.42 Å². The summed E-state index contributed by atoms with van der Waals surface area (Å²) in [4.78, 5) is 13.8. The number of hydrogen-bond acceptors (Lipinski definition) is 7. The number of nitrogens with zero attached hydrogens (tertiary/aromatic N) is 2. The number of benzene rings is 4. The third-order valence-electron chi connectivity index (χ3n) is 6.00. The molecule has 0 aliphatic rings. The number of nitro groups is 1. The van der Waals surface area contributed by atoms with Crippen molar-refractivity contribution >= 4 is 44.2 Å². The molecule has 0 saturated carbocycles. The highest BCUT2D eigenvalue weighted by Gasteiger charge is 2.23. The molecule has 0 bridgehead atoms. The van der Waals surface area contributed by atoms with Crippen LogP contribution in [-0.2, 0) is 10.0 Å². The highest BCUT2D eigenvalue weighted by atomic mass is 32.2. The Morgan fingerprint density at radius 3 is 2.38 bits per heavy atom. The fourth-order valence-electron chi connectivity index (χ4n) is 4.11. The summed E-state index contributed by atoms with van der Waals surface area (Å²) in [5.74, 6) is 0.553. The third-order valence-corrected chi connectivity index (χ3v) is 7.42. The summed E-state index contributed by atoms with van der Waals surface area (Å²) in [5.41, 5.74) is 6.25. The lowest BCUT2D eigenvalue weighted by Crippen LogP contribution is -2.15. The van der Waals surface area contributed by atoms with Gasteiger partial charge in [0, 0.05) is 34.3 Å². The Morgan fingerprint density at radius 1 is 0.949 bits per heavy atom. The first-order chi connectivity index (χ1) is 18.9. The SMILES string of the molecule is COc1ccc(NS(=O)(=O)c2cc([N+](=O)[O-])ccc2NN=Cc2c(-c3ccccc3)[nH]c3ccccc23)cc1. The van der Waals surface area contributed by atoms with Gasteiger partial charge in [-0.05, 0) is 42.0 Å². The van der Waals surface area contributed by atoms with Gasteiger partial charge in [-0.2, -0.15) is 5.10 Å². The predicted octanol–water partition coefficient (Wildman–Crippen LogP) is 6.00. The number of aromatic amines is 1. The topological polar surface area (TPSA) is 139 Å². The van der Waals surface area contributed by atoms with Gasteiger partial charge in [-0.3, -0.25) is 20.3 Å². The molecule has 0 unspecified atom stereocenters. The average molecular weight is 542 g/mol. The number of ether oxygens (including phenoxy) is 1. The minimum atomic E-state index is -4.23. The second kappa shape index (κ2) is 10.7. The van der Waals surface area contributed by atoms with Gasteiger partial charge in [-0.1, -0.05) is 48.5 Å². The summed E-state index contributed by atoms with van der Waals surface area (Å²) in [6, 6.07) is 27.3. The highest BCUT2D eigenvalue weighted by Crippen LogP contribution is 2.31. The molecule has 0 radical (unpaired) electrons. The number of H-pyrrole nitrogens is 1. The van der Waals surface area contributed by atoms with Crippen molar-refractivity contribution in [1.29, 1.82) is 0 Å². The first-order valence-electron chi connectivity index (χ1n) is 11.8. The standard InChI is InChI=1S/C28H23N5O5S/c1-38-22-14-11-20(12-15-22)32-39(36,37)27-17-21(33(34)35)13-16-26(27)31-29-18-24-23-9-5-6-10-25(23)30-28(24)19-7-3-2-4-8-19/h2-18,30-32H,1H3. The number of sulfonamides is 1. The van der Waals surface area contributed by atoms with Gasteiger partial charge >= 0.3 is 0 Å². The number of para-hydroxylation sites is 1. The van der Waals surface area contributed by atoms with Gasteiger partial charge < -0.3 is 9.72 Å². The second-order valence-electron chi connectivity index (χ2n) is 8.47. The molecule has 10 nitrogen and oxygen atoms in total. The van der Waals surface area contributed by atoms with Gasteiger partial charge in [-0.15, -0.1) is 0 Å². The Bertz CT molecular complexity index is 1780. The third kappa shape index (κ3) is 5.43. The number of nitro benzene ring substituents is 1. The quantitative estimate of drug-likeness (QED) is 0.119. The number of non-ortho nitro benzene ring substituents is 1. The fraction of sp³-hybridized carbons (Fsp3) is 0.0357. The van der Waals surface area contributed by atoms with E-state index >= 15 is 0 Å². The van der Waals surface area contributed by atoms with E-state index in [1.165, 1.54) is 31.4 Å². The van der Waals surface area contributed by atoms with Gasteiger partial charge in [0.05, 0.1) is 29.6 Å². The molecule has 1 heterocycles. The molecule has 0 atom stereocenters. The first kappa shape index (κ1) is 25.5. The molecular weight excluding hydrogens is 518 g/mol. The zero-order chi connectivity index (χ0) is 27.4. The Morgan fingerprint density at radius 2 is 1.67 bits per heavy atom. The predicted molar refractivity (Wildman–Crippen MR) is 152 cm³/mol. The molecule has 0 fully saturated rings. The van der Waals surface area contributed by atoms with E-state index in [1.807, 2.05) is 54.6 Å². The van der Waals surface area contributed by atoms with E-state index in [0.29, 0.717) is 5.75 Å². The van der Waals surface area contributed by atoms with Crippen molar-refractivity contribution in [3.05, 3.63) is 113 Å². The molecule has 0 aliphatic heterocycles. The van der Waals surface area contributed by atoms with Crippen LogP contribution in [0.15, 0.2) is 107 Å². The molecule has 0 aliphatic carbocycles. The van der Waals surface area contributed by atoms with Crippen molar-refractivity contribution in [3.63, 3.8) is 0 Å². The molecule has 5 aromatic rings. The zero-order valence-corrected chi connectivity index (χ0v) is 21.5. The molecule has 1 aromatic heterocycles. The van der Waals surface area contributed by atoms with Crippen molar-refractivity contribution in [2.24, 2.45) is 5.10 Å². The van der Waals surface area contributed by atoms with E-state index in [4.69, 9.17) is 4.74 Å². The number of anilines is 2. The first-order valence-corrected chi connectivity index (χ1v) is 13.2. The van der Waals surface area contributed by atoms with Crippen LogP contribution in [0, 0.1) is 10.1 Å². The number of hydrogen-bond donors (Lipinski definition) is 3. The van der Waals surface area contributed by atoms with Gasteiger partial charge in [0.25, 0.3) is 15.7 Å². The molecule has 3 N–H and O–H groups in total. The Balaban J connectivity index is 1.50. The summed E-state index contributed by atoms with van der Waals surface area (Å²) in [5, 5.41) is 16.7. The van der Waals surface area contributed by atoms with Crippen LogP contribution in [0.25, 0.3) is 22.2 Å². The Hall–Kier alpha value is -5.16. The van der Waals surface area contributed by atoms with Crippen LogP contribution in [0.1, 0.15) is 5.56 Å². The van der Waals surface area contributed by atoms with Crippen LogP contribution in [0.5, 0.6) is 5.75 Å². The van der Waals surface area contributed by atoms with E-state index in [0.717, 1.165) is 33.8 Å². The Kier molecular flexibility index (Phi) is 6.98. The van der Waals surface area contributed by atoms with Crippen LogP contribution in [0.4, 0.5) is 17.1 Å². The van der Waals surface area contributed by atoms with E-state index in [2.05, 4.69) is 20.2 Å². The molecule has 39 heavy (non-hydrogen) atoms. The maximum atomic E-state index is 13.3. The number of hydrazone groups is 1. The largest absolute Gasteiger partial charge is 0.497 e. The molecule has 0 saturated heterocycles. The lowest BCUT2D eigenvalue weighted by atomic mass is 10.1. The molecule has 196 valence electrons. The summed E-state index contributed by atoms with van der Waals surface area (Å²) in [6.07, 6.45) is 1.59. The molecule has 5 rings (SSSR count). The van der Waals surface area contributed by atoms with Crippen LogP contribution in [0.2, 0.25) is 0 Å². The van der Waals surface area contributed by atoms with Crippen molar-refractivity contribution < 1.29 is 18.1 Å². The minimum absolute atomic E-state index is 0.0685.